The Morgan fingerprint density at radius 1 is 1.24 bits per heavy atom. The summed E-state index contributed by atoms with van der Waals surface area (Å²) in [6, 6.07) is 8.13. The first kappa shape index (κ1) is 13.8. The molecule has 0 unspecified atom stereocenters. The summed E-state index contributed by atoms with van der Waals surface area (Å²) in [6.07, 6.45) is 1.74. The molecule has 5 heteroatoms. The largest absolute Gasteiger partial charge is 0.438 e. The fourth-order valence-electron chi connectivity index (χ4n) is 2.42. The van der Waals surface area contributed by atoms with Crippen LogP contribution in [0.4, 0.5) is 5.69 Å². The van der Waals surface area contributed by atoms with Gasteiger partial charge in [0.15, 0.2) is 0 Å². The Kier molecular flexibility index (Phi) is 3.75. The average Bonchev–Trinajstić information content (AvgIpc) is 3.01. The van der Waals surface area contributed by atoms with Gasteiger partial charge in [-0.15, -0.1) is 11.3 Å². The predicted octanol–water partition coefficient (Wildman–Crippen LogP) is 3.88. The zero-order valence-corrected chi connectivity index (χ0v) is 12.9. The van der Waals surface area contributed by atoms with Gasteiger partial charge in [-0.3, -0.25) is 5.41 Å². The van der Waals surface area contributed by atoms with Crippen molar-refractivity contribution in [1.29, 1.82) is 5.41 Å². The molecule has 0 fully saturated rings. The van der Waals surface area contributed by atoms with Gasteiger partial charge in [0.25, 0.3) is 0 Å². The smallest absolute Gasteiger partial charge is 0.222 e. The molecule has 0 radical (unpaired) electrons. The summed E-state index contributed by atoms with van der Waals surface area (Å²) in [5.74, 6) is 0. The number of anilines is 1. The summed E-state index contributed by atoms with van der Waals surface area (Å²) in [5.41, 5.74) is 2.77. The summed E-state index contributed by atoms with van der Waals surface area (Å²) in [6.45, 7) is 6.17. The Hall–Kier alpha value is -2.14. The zero-order chi connectivity index (χ0) is 14.8. The van der Waals surface area contributed by atoms with Crippen LogP contribution in [0.2, 0.25) is 0 Å². The van der Waals surface area contributed by atoms with E-state index in [4.69, 9.17) is 9.83 Å². The molecule has 0 atom stereocenters. The lowest BCUT2D eigenvalue weighted by Gasteiger charge is -2.21. The fraction of sp³-hybridized carbons (Fsp3) is 0.250. The number of hydrogen-bond acceptors (Lipinski definition) is 5. The van der Waals surface area contributed by atoms with Crippen molar-refractivity contribution in [3.8, 4) is 10.6 Å². The molecule has 0 aliphatic rings. The Morgan fingerprint density at radius 3 is 2.71 bits per heavy atom. The highest BCUT2D eigenvalue weighted by Crippen LogP contribution is 2.25. The summed E-state index contributed by atoms with van der Waals surface area (Å²) in [4.78, 5) is 6.51. The van der Waals surface area contributed by atoms with Crippen molar-refractivity contribution in [2.75, 3.05) is 18.0 Å². The molecule has 2 heterocycles. The molecule has 1 aromatic carbocycles. The van der Waals surface area contributed by atoms with Gasteiger partial charge in [0.05, 0.1) is 5.56 Å². The minimum Gasteiger partial charge on any atom is -0.438 e. The summed E-state index contributed by atoms with van der Waals surface area (Å²) < 4.78 is 5.70. The van der Waals surface area contributed by atoms with Gasteiger partial charge in [0, 0.05) is 41.8 Å². The lowest BCUT2D eigenvalue weighted by Crippen LogP contribution is -2.21. The van der Waals surface area contributed by atoms with Crippen LogP contribution in [-0.2, 0) is 0 Å². The number of thiazole rings is 1. The fourth-order valence-corrected chi connectivity index (χ4v) is 3.07. The van der Waals surface area contributed by atoms with Crippen molar-refractivity contribution in [3.63, 3.8) is 0 Å². The van der Waals surface area contributed by atoms with Crippen molar-refractivity contribution in [1.82, 2.24) is 4.98 Å². The van der Waals surface area contributed by atoms with E-state index in [0.717, 1.165) is 40.3 Å². The molecule has 0 bridgehead atoms. The molecule has 0 aliphatic heterocycles. The van der Waals surface area contributed by atoms with E-state index in [1.165, 1.54) is 11.3 Å². The van der Waals surface area contributed by atoms with Crippen molar-refractivity contribution in [3.05, 3.63) is 41.4 Å². The third-order valence-corrected chi connectivity index (χ3v) is 4.35. The van der Waals surface area contributed by atoms with Gasteiger partial charge >= 0.3 is 0 Å². The molecule has 0 amide bonds. The monoisotopic (exact) mass is 299 g/mol. The van der Waals surface area contributed by atoms with Gasteiger partial charge in [0.2, 0.25) is 5.55 Å². The van der Waals surface area contributed by atoms with Gasteiger partial charge in [-0.05, 0) is 32.0 Å². The number of hydrogen-bond donors (Lipinski definition) is 1. The second-order valence-electron chi connectivity index (χ2n) is 4.72. The van der Waals surface area contributed by atoms with E-state index in [0.29, 0.717) is 0 Å². The van der Waals surface area contributed by atoms with Crippen LogP contribution in [0.25, 0.3) is 21.5 Å². The lowest BCUT2D eigenvalue weighted by molar-refractivity contribution is 0.536. The Balaban J connectivity index is 2.13. The molecule has 108 valence electrons. The third kappa shape index (κ3) is 2.56. The van der Waals surface area contributed by atoms with Gasteiger partial charge in [-0.25, -0.2) is 4.98 Å². The third-order valence-electron chi connectivity index (χ3n) is 3.54. The molecule has 1 N–H and O–H groups in total. The highest BCUT2D eigenvalue weighted by Gasteiger charge is 2.09. The Labute approximate surface area is 127 Å². The molecule has 3 rings (SSSR count). The molecule has 4 nitrogen and oxygen atoms in total. The van der Waals surface area contributed by atoms with Gasteiger partial charge < -0.3 is 9.32 Å². The van der Waals surface area contributed by atoms with Crippen LogP contribution in [0.1, 0.15) is 13.8 Å². The quantitative estimate of drug-likeness (QED) is 0.795. The number of fused-ring (bicyclic) bond motifs is 1. The number of nitrogens with zero attached hydrogens (tertiary/aromatic N) is 2. The SMILES string of the molecule is CCN(CC)c1ccc2cc(-c3nccs3)c(=N)oc2c1. The van der Waals surface area contributed by atoms with Crippen molar-refractivity contribution in [2.24, 2.45) is 0 Å². The maximum absolute atomic E-state index is 8.08. The highest BCUT2D eigenvalue weighted by atomic mass is 32.1. The summed E-state index contributed by atoms with van der Waals surface area (Å²) in [5, 5.41) is 11.8. The summed E-state index contributed by atoms with van der Waals surface area (Å²) >= 11 is 1.51. The Morgan fingerprint density at radius 2 is 2.05 bits per heavy atom. The number of rotatable bonds is 4. The van der Waals surface area contributed by atoms with Crippen molar-refractivity contribution >= 4 is 28.0 Å². The predicted molar refractivity (Wildman–Crippen MR) is 86.7 cm³/mol. The van der Waals surface area contributed by atoms with E-state index >= 15 is 0 Å². The molecule has 0 spiro atoms. The Bertz CT molecular complexity index is 804. The number of aromatic nitrogens is 1. The van der Waals surface area contributed by atoms with Crippen LogP contribution in [0.15, 0.2) is 40.3 Å². The lowest BCUT2D eigenvalue weighted by atomic mass is 10.1. The highest BCUT2D eigenvalue weighted by molar-refractivity contribution is 7.13. The standard InChI is InChI=1S/C16H17N3OS/c1-3-19(4-2)12-6-5-11-9-13(16-18-7-8-21-16)15(17)20-14(11)10-12/h5-10,17H,3-4H2,1-2H3. The minimum absolute atomic E-state index is 0.161. The molecular weight excluding hydrogens is 282 g/mol. The number of nitrogens with one attached hydrogen (secondary N) is 1. The van der Waals surface area contributed by atoms with Crippen LogP contribution in [0.5, 0.6) is 0 Å². The first-order valence-electron chi connectivity index (χ1n) is 7.00. The first-order chi connectivity index (χ1) is 10.2. The molecule has 3 aromatic rings. The molecule has 0 saturated carbocycles. The minimum atomic E-state index is 0.161. The van der Waals surface area contributed by atoms with E-state index in [2.05, 4.69) is 29.8 Å². The zero-order valence-electron chi connectivity index (χ0n) is 12.1. The molecule has 0 saturated heterocycles. The van der Waals surface area contributed by atoms with Gasteiger partial charge in [0.1, 0.15) is 10.6 Å². The van der Waals surface area contributed by atoms with E-state index in [9.17, 15) is 0 Å². The van der Waals surface area contributed by atoms with Crippen LogP contribution in [-0.4, -0.2) is 18.1 Å². The molecule has 0 aliphatic carbocycles. The topological polar surface area (TPSA) is 53.1 Å². The van der Waals surface area contributed by atoms with Crippen LogP contribution >= 0.6 is 11.3 Å². The maximum atomic E-state index is 8.08. The second-order valence-corrected chi connectivity index (χ2v) is 5.62. The van der Waals surface area contributed by atoms with Crippen molar-refractivity contribution in [2.45, 2.75) is 13.8 Å². The normalized spacial score (nSPS) is 11.0. The molecular formula is C16H17N3OS. The summed E-state index contributed by atoms with van der Waals surface area (Å²) in [7, 11) is 0. The van der Waals surface area contributed by atoms with E-state index in [1.54, 1.807) is 6.20 Å². The average molecular weight is 299 g/mol. The molecule has 21 heavy (non-hydrogen) atoms. The van der Waals surface area contributed by atoms with E-state index in [-0.39, 0.29) is 5.55 Å². The van der Waals surface area contributed by atoms with E-state index in [1.807, 2.05) is 23.6 Å². The van der Waals surface area contributed by atoms with Crippen LogP contribution < -0.4 is 10.5 Å². The maximum Gasteiger partial charge on any atom is 0.222 e. The van der Waals surface area contributed by atoms with E-state index < -0.39 is 0 Å². The second kappa shape index (κ2) is 5.69. The van der Waals surface area contributed by atoms with Gasteiger partial charge in [-0.1, -0.05) is 0 Å². The first-order valence-corrected chi connectivity index (χ1v) is 7.88. The van der Waals surface area contributed by atoms with Crippen LogP contribution in [0.3, 0.4) is 0 Å². The van der Waals surface area contributed by atoms with Crippen LogP contribution in [0, 0.1) is 5.41 Å². The van der Waals surface area contributed by atoms with Crippen molar-refractivity contribution < 1.29 is 4.42 Å². The number of benzene rings is 1. The molecule has 2 aromatic heterocycles. The van der Waals surface area contributed by atoms with Gasteiger partial charge in [-0.2, -0.15) is 0 Å².